The number of guanidine groups is 1. The number of nitrogens with one attached hydrogen (secondary N) is 7. The number of carbonyl (C=O) groups excluding carboxylic acids is 7. The summed E-state index contributed by atoms with van der Waals surface area (Å²) in [5.74, 6) is -3.49. The Morgan fingerprint density at radius 2 is 1.42 bits per heavy atom. The molecular weight excluding hydrogens is 862 g/mol. The summed E-state index contributed by atoms with van der Waals surface area (Å²) in [4.78, 5) is 103. The molecule has 0 radical (unpaired) electrons. The number of likely N-dealkylation sites (N-methyl/N-ethyl adjacent to an activating group) is 1. The third-order valence-electron chi connectivity index (χ3n) is 12.7. The van der Waals surface area contributed by atoms with Crippen molar-refractivity contribution >= 4 is 58.6 Å². The molecule has 0 bridgehead atoms. The first-order chi connectivity index (χ1) is 32.3. The van der Waals surface area contributed by atoms with E-state index in [1.54, 1.807) is 19.3 Å². The Hall–Kier alpha value is -6.37. The molecule has 2 fully saturated rings. The van der Waals surface area contributed by atoms with E-state index < -0.39 is 71.6 Å². The number of aromatic amines is 1. The minimum absolute atomic E-state index is 0.0146. The Morgan fingerprint density at radius 3 is 2.12 bits per heavy atom. The van der Waals surface area contributed by atoms with Crippen molar-refractivity contribution in [1.82, 2.24) is 41.8 Å². The van der Waals surface area contributed by atoms with E-state index in [0.29, 0.717) is 44.4 Å². The lowest BCUT2D eigenvalue weighted by atomic mass is 9.84. The van der Waals surface area contributed by atoms with Crippen LogP contribution in [0.4, 0.5) is 4.39 Å². The summed E-state index contributed by atoms with van der Waals surface area (Å²) < 4.78 is 14.6. The molecule has 6 amide bonds. The number of aldehydes is 1. The lowest BCUT2D eigenvalue weighted by Gasteiger charge is -2.29. The second-order valence-electron chi connectivity index (χ2n) is 17.6. The number of aliphatic imine (C=N–C) groups is 1. The van der Waals surface area contributed by atoms with Crippen molar-refractivity contribution in [3.63, 3.8) is 0 Å². The van der Waals surface area contributed by atoms with Crippen molar-refractivity contribution in [2.75, 3.05) is 26.7 Å². The van der Waals surface area contributed by atoms with Gasteiger partial charge in [0.2, 0.25) is 35.4 Å². The average Bonchev–Trinajstić information content (AvgIpc) is 3.97. The zero-order chi connectivity index (χ0) is 48.3. The summed E-state index contributed by atoms with van der Waals surface area (Å²) in [6.07, 6.45) is 10.3. The van der Waals surface area contributed by atoms with Crippen LogP contribution in [-0.2, 0) is 46.4 Å². The largest absolute Gasteiger partial charge is 0.370 e. The van der Waals surface area contributed by atoms with Crippen LogP contribution in [0.1, 0.15) is 95.1 Å². The number of nitrogens with two attached hydrogens (primary N) is 2. The Labute approximate surface area is 391 Å². The van der Waals surface area contributed by atoms with Crippen molar-refractivity contribution in [3.8, 4) is 0 Å². The summed E-state index contributed by atoms with van der Waals surface area (Å²) in [6.45, 7) is 1.72. The molecule has 11 N–H and O–H groups in total. The summed E-state index contributed by atoms with van der Waals surface area (Å²) in [5, 5.41) is 18.0. The highest BCUT2D eigenvalue weighted by Gasteiger charge is 2.36. The summed E-state index contributed by atoms with van der Waals surface area (Å²) in [7, 11) is 1.73. The van der Waals surface area contributed by atoms with Crippen LogP contribution in [-0.4, -0.2) is 121 Å². The van der Waals surface area contributed by atoms with Crippen LogP contribution in [0.15, 0.2) is 59.7 Å². The predicted molar refractivity (Wildman–Crippen MR) is 252 cm³/mol. The zero-order valence-corrected chi connectivity index (χ0v) is 38.6. The number of hydrogen-bond donors (Lipinski definition) is 9. The Morgan fingerprint density at radius 1 is 0.776 bits per heavy atom. The van der Waals surface area contributed by atoms with Crippen LogP contribution in [0.5, 0.6) is 0 Å². The number of rotatable bonds is 25. The molecule has 2 heterocycles. The molecule has 2 aliphatic rings. The third kappa shape index (κ3) is 15.6. The fourth-order valence-electron chi connectivity index (χ4n) is 9.08. The Kier molecular flexibility index (Phi) is 20.1. The quantitative estimate of drug-likeness (QED) is 0.0257. The molecule has 364 valence electrons. The molecule has 3 unspecified atom stereocenters. The van der Waals surface area contributed by atoms with Gasteiger partial charge in [-0.05, 0) is 81.2 Å². The first kappa shape index (κ1) is 51.6. The van der Waals surface area contributed by atoms with E-state index in [4.69, 9.17) is 11.5 Å². The highest BCUT2D eigenvalue weighted by atomic mass is 19.1. The van der Waals surface area contributed by atoms with Gasteiger partial charge in [0.1, 0.15) is 36.3 Å². The van der Waals surface area contributed by atoms with Gasteiger partial charge in [-0.2, -0.15) is 0 Å². The summed E-state index contributed by atoms with van der Waals surface area (Å²) >= 11 is 0. The van der Waals surface area contributed by atoms with E-state index in [-0.39, 0.29) is 62.6 Å². The van der Waals surface area contributed by atoms with E-state index in [9.17, 15) is 38.0 Å². The number of aromatic nitrogens is 1. The minimum atomic E-state index is -1.22. The minimum Gasteiger partial charge on any atom is -0.370 e. The van der Waals surface area contributed by atoms with Gasteiger partial charge in [-0.1, -0.05) is 68.5 Å². The second kappa shape index (κ2) is 26.1. The topological polar surface area (TPSA) is 275 Å². The maximum atomic E-state index is 14.6. The van der Waals surface area contributed by atoms with E-state index in [1.807, 2.05) is 24.3 Å². The molecule has 1 aliphatic heterocycles. The molecule has 5 rings (SSSR count). The summed E-state index contributed by atoms with van der Waals surface area (Å²) in [5.41, 5.74) is 13.0. The van der Waals surface area contributed by atoms with Crippen molar-refractivity contribution < 1.29 is 38.0 Å². The van der Waals surface area contributed by atoms with Crippen molar-refractivity contribution in [3.05, 3.63) is 71.7 Å². The number of hydrogen-bond acceptors (Lipinski definition) is 9. The van der Waals surface area contributed by atoms with Crippen LogP contribution < -0.4 is 43.4 Å². The predicted octanol–water partition coefficient (Wildman–Crippen LogP) is 1.75. The number of H-pyrrole nitrogens is 1. The van der Waals surface area contributed by atoms with Crippen molar-refractivity contribution in [2.24, 2.45) is 22.4 Å². The molecule has 1 aliphatic carbocycles. The maximum Gasteiger partial charge on any atom is 0.245 e. The van der Waals surface area contributed by atoms with Crippen LogP contribution in [0.2, 0.25) is 0 Å². The fourth-order valence-corrected chi connectivity index (χ4v) is 9.08. The molecule has 1 saturated heterocycles. The Balaban J connectivity index is 1.30. The van der Waals surface area contributed by atoms with Gasteiger partial charge < -0.3 is 58.0 Å². The Bertz CT molecular complexity index is 2190. The van der Waals surface area contributed by atoms with E-state index >= 15 is 0 Å². The first-order valence-electron chi connectivity index (χ1n) is 23.5. The molecule has 2 aromatic carbocycles. The molecule has 19 heteroatoms. The number of benzene rings is 2. The van der Waals surface area contributed by atoms with Gasteiger partial charge in [-0.15, -0.1) is 0 Å². The van der Waals surface area contributed by atoms with Gasteiger partial charge in [-0.3, -0.25) is 33.8 Å². The van der Waals surface area contributed by atoms with Gasteiger partial charge in [0.15, 0.2) is 5.96 Å². The second-order valence-corrected chi connectivity index (χ2v) is 17.6. The number of carbonyl (C=O) groups is 7. The normalized spacial score (nSPS) is 17.3. The molecule has 6 atom stereocenters. The first-order valence-corrected chi connectivity index (χ1v) is 23.5. The maximum absolute atomic E-state index is 14.6. The van der Waals surface area contributed by atoms with Gasteiger partial charge in [0.25, 0.3) is 0 Å². The van der Waals surface area contributed by atoms with E-state index in [1.165, 1.54) is 36.4 Å². The highest BCUT2D eigenvalue weighted by Crippen LogP contribution is 2.28. The molecule has 0 spiro atoms. The lowest BCUT2D eigenvalue weighted by Crippen LogP contribution is -2.57. The number of amides is 6. The summed E-state index contributed by atoms with van der Waals surface area (Å²) in [6, 6.07) is 7.75. The molecule has 67 heavy (non-hydrogen) atoms. The number of fused-ring (bicyclic) bond motifs is 1. The van der Waals surface area contributed by atoms with Crippen LogP contribution in [0.25, 0.3) is 10.9 Å². The van der Waals surface area contributed by atoms with Gasteiger partial charge >= 0.3 is 0 Å². The smallest absolute Gasteiger partial charge is 0.245 e. The average molecular weight is 930 g/mol. The third-order valence-corrected chi connectivity index (χ3v) is 12.7. The molecular formula is C48H68FN11O7. The number of halogens is 1. The molecule has 3 aromatic rings. The standard InChI is InChI=1S/C48H68FN11O7/c1-30(62)56-41(26-32-15-6-8-18-36(32)49)45(65)58-39(47(67)60-24-12-16-34(60)29-61)21-11-22-53-43(63)38(20-10-23-54-48(50)51)57-46(66)42(27-33-28-55-37-19-9-7-17-35(33)37)59-44(64)40(52-2)25-31-13-4-3-5-14-31/h6-9,15,17-19,28-29,31,34,38-42,52,55H,3-5,10-14,16,20-27H2,1-2H3,(H,53,63)(H,56,62)(H,57,66)(H,58,65)(H,59,64)(H4,50,51,54)/t34?,38?,39-,40+,41-,42?/m0/s1. The van der Waals surface area contributed by atoms with Crippen molar-refractivity contribution in [1.29, 1.82) is 0 Å². The molecule has 18 nitrogen and oxygen atoms in total. The number of nitrogens with zero attached hydrogens (tertiary/aromatic N) is 2. The van der Waals surface area contributed by atoms with Crippen LogP contribution >= 0.6 is 0 Å². The number of likely N-dealkylation sites (tertiary alicyclic amines) is 1. The van der Waals surface area contributed by atoms with Crippen LogP contribution in [0, 0.1) is 11.7 Å². The SMILES string of the molecule is CN[C@H](CC1CCCCC1)C(=O)NC(Cc1c[nH]c2ccccc12)C(=O)NC(CCCN=C(N)N)C(=O)NCCC[C@H](NC(=O)[C@H](Cc1ccccc1F)NC(C)=O)C(=O)N1CCCC1C=O. The van der Waals surface area contributed by atoms with E-state index in [2.05, 4.69) is 41.9 Å². The molecule has 1 aromatic heterocycles. The highest BCUT2D eigenvalue weighted by molar-refractivity contribution is 5.95. The van der Waals surface area contributed by atoms with Crippen LogP contribution in [0.3, 0.4) is 0 Å². The van der Waals surface area contributed by atoms with Gasteiger partial charge in [0, 0.05) is 56.5 Å². The monoisotopic (exact) mass is 930 g/mol. The van der Waals surface area contributed by atoms with Crippen molar-refractivity contribution in [2.45, 2.75) is 133 Å². The lowest BCUT2D eigenvalue weighted by molar-refractivity contribution is -0.139. The van der Waals surface area contributed by atoms with E-state index in [0.717, 1.165) is 42.1 Å². The fraction of sp³-hybridized carbons (Fsp3) is 0.542. The molecule has 1 saturated carbocycles. The zero-order valence-electron chi connectivity index (χ0n) is 38.6. The van der Waals surface area contributed by atoms with Gasteiger partial charge in [-0.25, -0.2) is 4.39 Å². The number of para-hydroxylation sites is 1. The van der Waals surface area contributed by atoms with Gasteiger partial charge in [0.05, 0.1) is 12.1 Å².